The van der Waals surface area contributed by atoms with E-state index in [4.69, 9.17) is 24.3 Å². The van der Waals surface area contributed by atoms with Crippen molar-refractivity contribution >= 4 is 69.0 Å². The summed E-state index contributed by atoms with van der Waals surface area (Å²) in [7, 11) is 5.85. The van der Waals surface area contributed by atoms with E-state index in [2.05, 4.69) is 84.2 Å². The van der Waals surface area contributed by atoms with Crippen LogP contribution in [0.4, 0.5) is 23.3 Å². The van der Waals surface area contributed by atoms with E-state index in [1.54, 1.807) is 98.6 Å². The van der Waals surface area contributed by atoms with Crippen LogP contribution >= 0.6 is 0 Å². The highest BCUT2D eigenvalue weighted by molar-refractivity contribution is 6.04. The van der Waals surface area contributed by atoms with Gasteiger partial charge in [-0.3, -0.25) is 34.1 Å². The molecule has 9 aromatic rings. The Morgan fingerprint density at radius 2 is 1.05 bits per heavy atom. The van der Waals surface area contributed by atoms with E-state index in [-0.39, 0.29) is 35.7 Å². The van der Waals surface area contributed by atoms with Crippen LogP contribution in [-0.4, -0.2) is 168 Å². The molecule has 8 heterocycles. The van der Waals surface area contributed by atoms with Gasteiger partial charge in [0.2, 0.25) is 11.8 Å². The van der Waals surface area contributed by atoms with Gasteiger partial charge >= 0.3 is 0 Å². The molecular weight excluding hydrogens is 1220 g/mol. The van der Waals surface area contributed by atoms with Crippen LogP contribution in [0.1, 0.15) is 103 Å². The molecule has 2 aliphatic carbocycles. The standard InChI is InChI=1S/C41H46N8O4.C33H38N8O3/c1-4-6-28-18-21-42-36(25-28)45-41(51)30-10-16-34(17-11-30)53-35-19-22-43-40-38(35)39(46-49(40)26-29-8-14-33(52-3)15-9-29)44-31-20-24-48(27-31)37(50)7-5-23-47(2)32-12-13-32;1-3-5-22-13-16-34-28(20-22)37-33(43)23-7-11-26(12-8-23)44-27-14-17-35-31-30(27)32(39-38-31)36-24-15-19-41(21-24)29(42)6-4-18-40(2)25-9-10-25/h5,7-11,14-19,21-22,25,31-32H,4,6,12-13,20,23-24,26-27H2,1-3H3,(H,44,46)(H,42,45,51);4,6-8,11-14,16-17,20,24-25H,3,5,9-10,15,18-19,21H2,1-2H3,(H,34,37,43)(H2,35,36,38,39)/b7-5+;6-4+/t31-;24-/m11/s1. The third-order valence-corrected chi connectivity index (χ3v) is 17.7. The van der Waals surface area contributed by atoms with E-state index < -0.39 is 0 Å². The molecule has 4 aliphatic rings. The van der Waals surface area contributed by atoms with Gasteiger partial charge in [0.05, 0.1) is 13.7 Å². The molecule has 97 heavy (non-hydrogen) atoms. The fraction of sp³-hybridized carbons (Fsp3) is 0.351. The number of methoxy groups -OCH3 is 1. The number of benzene rings is 3. The summed E-state index contributed by atoms with van der Waals surface area (Å²) in [5.41, 5.74) is 5.53. The van der Waals surface area contributed by atoms with Crippen LogP contribution in [0.25, 0.3) is 22.1 Å². The summed E-state index contributed by atoms with van der Waals surface area (Å²) < 4.78 is 19.9. The molecule has 2 saturated carbocycles. The molecule has 3 aromatic carbocycles. The zero-order valence-electron chi connectivity index (χ0n) is 55.6. The Kier molecular flexibility index (Phi) is 21.5. The van der Waals surface area contributed by atoms with Gasteiger partial charge in [-0.1, -0.05) is 51.0 Å². The van der Waals surface area contributed by atoms with Gasteiger partial charge in [-0.05, 0) is 167 Å². The molecule has 5 N–H and O–H groups in total. The first-order chi connectivity index (χ1) is 47.3. The minimum Gasteiger partial charge on any atom is -0.497 e. The van der Waals surface area contributed by atoms with Crippen LogP contribution in [0.5, 0.6) is 28.7 Å². The lowest BCUT2D eigenvalue weighted by Gasteiger charge is -2.16. The number of fused-ring (bicyclic) bond motifs is 2. The quantitative estimate of drug-likeness (QED) is 0.0300. The molecular formula is C74H84N16O7. The largest absolute Gasteiger partial charge is 0.497 e. The summed E-state index contributed by atoms with van der Waals surface area (Å²) in [6, 6.07) is 34.5. The normalized spacial score (nSPS) is 16.1. The lowest BCUT2D eigenvalue weighted by Crippen LogP contribution is -2.30. The molecule has 23 nitrogen and oxygen atoms in total. The topological polar surface area (TPSA) is 255 Å². The monoisotopic (exact) mass is 1310 g/mol. The number of ether oxygens (including phenoxy) is 3. The van der Waals surface area contributed by atoms with Gasteiger partial charge in [-0.15, -0.1) is 0 Å². The molecule has 0 spiro atoms. The molecule has 2 aliphatic heterocycles. The van der Waals surface area contributed by atoms with E-state index >= 15 is 0 Å². The van der Waals surface area contributed by atoms with E-state index in [0.717, 1.165) is 84.8 Å². The zero-order chi connectivity index (χ0) is 67.2. The molecule has 2 saturated heterocycles. The average Bonchev–Trinajstić information content (AvgIpc) is 1.65. The number of pyridine rings is 4. The van der Waals surface area contributed by atoms with Crippen LogP contribution in [-0.2, 0) is 29.0 Å². The third-order valence-electron chi connectivity index (χ3n) is 17.7. The minimum absolute atomic E-state index is 0.00275. The molecule has 0 radical (unpaired) electrons. The second-order valence-electron chi connectivity index (χ2n) is 25.2. The van der Waals surface area contributed by atoms with Crippen molar-refractivity contribution < 1.29 is 33.4 Å². The van der Waals surface area contributed by atoms with Crippen molar-refractivity contribution in [2.75, 3.05) is 81.7 Å². The van der Waals surface area contributed by atoms with E-state index in [0.29, 0.717) is 113 Å². The molecule has 502 valence electrons. The number of carbonyl (C=O) groups is 4. The lowest BCUT2D eigenvalue weighted by molar-refractivity contribution is -0.125. The Balaban J connectivity index is 0.000000188. The van der Waals surface area contributed by atoms with Crippen LogP contribution < -0.4 is 35.5 Å². The first kappa shape index (κ1) is 66.5. The number of nitrogens with zero attached hydrogens (tertiary/aromatic N) is 11. The van der Waals surface area contributed by atoms with Gasteiger partial charge < -0.3 is 45.3 Å². The van der Waals surface area contributed by atoms with Gasteiger partial charge in [-0.2, -0.15) is 10.2 Å². The number of carbonyl (C=O) groups excluding carboxylic acids is 4. The Morgan fingerprint density at radius 1 is 0.567 bits per heavy atom. The number of nitrogens with one attached hydrogen (secondary N) is 5. The lowest BCUT2D eigenvalue weighted by atomic mass is 10.1. The predicted molar refractivity (Wildman–Crippen MR) is 376 cm³/mol. The molecule has 4 fully saturated rings. The predicted octanol–water partition coefficient (Wildman–Crippen LogP) is 11.6. The SMILES string of the molecule is CCCc1ccnc(NC(=O)c2ccc(Oc3ccnc4[nH]nc(N[C@@H]5CCN(C(=O)/C=C/CN(C)C6CC6)C5)c34)cc2)c1.CCCc1ccnc(NC(=O)c2ccc(Oc3ccnc4c3c(N[C@@H]3CCN(C(=O)/C=C/CN(C)C5CC5)C3)nn4Cc3ccc(OC)cc3)cc2)c1. The summed E-state index contributed by atoms with van der Waals surface area (Å²) >= 11 is 0. The average molecular weight is 1310 g/mol. The van der Waals surface area contributed by atoms with Crippen LogP contribution in [0, 0.1) is 0 Å². The molecule has 2 atom stereocenters. The maximum Gasteiger partial charge on any atom is 0.256 e. The highest BCUT2D eigenvalue weighted by Crippen LogP contribution is 2.37. The molecule has 4 amide bonds. The van der Waals surface area contributed by atoms with E-state index in [1.165, 1.54) is 25.7 Å². The summed E-state index contributed by atoms with van der Waals surface area (Å²) in [6.07, 6.45) is 24.6. The number of hydrogen-bond acceptors (Lipinski definition) is 17. The van der Waals surface area contributed by atoms with E-state index in [9.17, 15) is 19.2 Å². The number of hydrogen-bond donors (Lipinski definition) is 5. The smallest absolute Gasteiger partial charge is 0.256 e. The number of H-pyrrole nitrogens is 1. The summed E-state index contributed by atoms with van der Waals surface area (Å²) in [5.74, 6) is 4.94. The van der Waals surface area contributed by atoms with Crippen LogP contribution in [0.2, 0.25) is 0 Å². The van der Waals surface area contributed by atoms with Crippen molar-refractivity contribution in [2.45, 2.75) is 109 Å². The second kappa shape index (κ2) is 31.4. The third kappa shape index (κ3) is 17.5. The van der Waals surface area contributed by atoms with E-state index in [1.807, 2.05) is 81.2 Å². The Morgan fingerprint density at radius 3 is 1.56 bits per heavy atom. The van der Waals surface area contributed by atoms with Crippen molar-refractivity contribution in [1.82, 2.24) is 59.5 Å². The number of aromatic amines is 1. The van der Waals surface area contributed by atoms with Gasteiger partial charge in [0.15, 0.2) is 22.9 Å². The molecule has 6 aromatic heterocycles. The maximum atomic E-state index is 13.0. The number of aryl methyl sites for hydroxylation is 2. The summed E-state index contributed by atoms with van der Waals surface area (Å²) in [4.78, 5) is 77.7. The molecule has 0 unspecified atom stereocenters. The van der Waals surface area contributed by atoms with Gasteiger partial charge in [0.1, 0.15) is 51.2 Å². The van der Waals surface area contributed by atoms with Crippen molar-refractivity contribution in [3.8, 4) is 28.7 Å². The van der Waals surface area contributed by atoms with Crippen LogP contribution in [0.3, 0.4) is 0 Å². The zero-order valence-corrected chi connectivity index (χ0v) is 55.6. The van der Waals surface area contributed by atoms with Crippen LogP contribution in [0.15, 0.2) is 158 Å². The highest BCUT2D eigenvalue weighted by Gasteiger charge is 2.31. The van der Waals surface area contributed by atoms with Gasteiger partial charge in [0.25, 0.3) is 11.8 Å². The fourth-order valence-corrected chi connectivity index (χ4v) is 12.1. The highest BCUT2D eigenvalue weighted by atomic mass is 16.5. The molecule has 23 heteroatoms. The number of rotatable bonds is 27. The van der Waals surface area contributed by atoms with Crippen molar-refractivity contribution in [1.29, 1.82) is 0 Å². The van der Waals surface area contributed by atoms with Crippen molar-refractivity contribution in [3.05, 3.63) is 186 Å². The Bertz CT molecular complexity index is 4260. The van der Waals surface area contributed by atoms with Gasteiger partial charge in [-0.25, -0.2) is 24.6 Å². The van der Waals surface area contributed by atoms with Gasteiger partial charge in [0, 0.05) is 124 Å². The number of amides is 4. The number of likely N-dealkylation sites (N-methyl/N-ethyl adjacent to an activating group) is 2. The Hall–Kier alpha value is -10.5. The number of likely N-dealkylation sites (tertiary alicyclic amines) is 2. The maximum absolute atomic E-state index is 13.0. The summed E-state index contributed by atoms with van der Waals surface area (Å²) in [6.45, 7) is 8.78. The minimum atomic E-state index is -0.250. The summed E-state index contributed by atoms with van der Waals surface area (Å²) in [5, 5.41) is 26.8. The van der Waals surface area contributed by atoms with Crippen molar-refractivity contribution in [2.24, 2.45) is 0 Å². The number of anilines is 4. The Labute approximate surface area is 564 Å². The first-order valence-electron chi connectivity index (χ1n) is 33.6. The first-order valence-corrected chi connectivity index (χ1v) is 33.6. The van der Waals surface area contributed by atoms with Crippen molar-refractivity contribution in [3.63, 3.8) is 0 Å². The number of aromatic nitrogens is 8. The molecule has 0 bridgehead atoms. The second-order valence-corrected chi connectivity index (χ2v) is 25.2. The fourth-order valence-electron chi connectivity index (χ4n) is 12.1. The molecule has 13 rings (SSSR count).